The molecule has 1 aliphatic rings. The summed E-state index contributed by atoms with van der Waals surface area (Å²) in [6.45, 7) is 3.35. The molecule has 1 aliphatic heterocycles. The van der Waals surface area contributed by atoms with Gasteiger partial charge in [-0.2, -0.15) is 4.98 Å². The second kappa shape index (κ2) is 6.38. The molecule has 116 valence electrons. The van der Waals surface area contributed by atoms with Crippen molar-refractivity contribution in [2.24, 2.45) is 0 Å². The molecular weight excluding hydrogens is 284 g/mol. The smallest absolute Gasteiger partial charge is 0.242 e. The molecule has 1 unspecified atom stereocenters. The summed E-state index contributed by atoms with van der Waals surface area (Å²) < 4.78 is 16.9. The molecule has 0 saturated heterocycles. The third-order valence-corrected chi connectivity index (χ3v) is 3.19. The minimum Gasteiger partial charge on any atom is -0.486 e. The second-order valence-corrected chi connectivity index (χ2v) is 4.75. The van der Waals surface area contributed by atoms with Gasteiger partial charge in [0.25, 0.3) is 0 Å². The molecule has 0 amide bonds. The summed E-state index contributed by atoms with van der Waals surface area (Å²) in [6.07, 6.45) is 1.29. The van der Waals surface area contributed by atoms with E-state index in [1.807, 2.05) is 31.2 Å². The van der Waals surface area contributed by atoms with Crippen molar-refractivity contribution in [2.45, 2.75) is 13.0 Å². The summed E-state index contributed by atoms with van der Waals surface area (Å²) in [7, 11) is 0. The van der Waals surface area contributed by atoms with Crippen molar-refractivity contribution in [3.63, 3.8) is 0 Å². The number of hydrogen-bond acceptors (Lipinski definition) is 7. The van der Waals surface area contributed by atoms with Gasteiger partial charge in [-0.05, 0) is 19.1 Å². The molecule has 1 aromatic carbocycles. The van der Waals surface area contributed by atoms with E-state index in [-0.39, 0.29) is 6.10 Å². The van der Waals surface area contributed by atoms with Crippen LogP contribution in [0.1, 0.15) is 6.92 Å². The summed E-state index contributed by atoms with van der Waals surface area (Å²) in [6, 6.07) is 7.59. The van der Waals surface area contributed by atoms with E-state index in [9.17, 15) is 0 Å². The van der Waals surface area contributed by atoms with E-state index in [1.165, 1.54) is 6.33 Å². The Balaban J connectivity index is 1.63. The Morgan fingerprint density at radius 1 is 1.32 bits per heavy atom. The molecule has 1 atom stereocenters. The third kappa shape index (κ3) is 2.98. The van der Waals surface area contributed by atoms with Crippen molar-refractivity contribution < 1.29 is 14.2 Å². The van der Waals surface area contributed by atoms with E-state index >= 15 is 0 Å². The van der Waals surface area contributed by atoms with Crippen LogP contribution >= 0.6 is 0 Å². The van der Waals surface area contributed by atoms with Crippen LogP contribution in [0, 0.1) is 0 Å². The quantitative estimate of drug-likeness (QED) is 0.868. The zero-order valence-electron chi connectivity index (χ0n) is 12.3. The van der Waals surface area contributed by atoms with Crippen LogP contribution < -0.4 is 25.3 Å². The van der Waals surface area contributed by atoms with Gasteiger partial charge < -0.3 is 25.3 Å². The average Bonchev–Trinajstić information content (AvgIpc) is 2.56. The topological polar surface area (TPSA) is 91.5 Å². The summed E-state index contributed by atoms with van der Waals surface area (Å²) in [5, 5.41) is 3.15. The molecule has 0 aliphatic carbocycles. The Kier molecular flexibility index (Phi) is 4.13. The number of aromatic nitrogens is 2. The van der Waals surface area contributed by atoms with Crippen molar-refractivity contribution in [3.05, 3.63) is 30.6 Å². The number of para-hydroxylation sites is 2. The molecule has 1 aromatic heterocycles. The SMILES string of the molecule is CCOc1ncnc(NCC2COc3ccccc3O2)c1N. The summed E-state index contributed by atoms with van der Waals surface area (Å²) in [4.78, 5) is 8.13. The van der Waals surface area contributed by atoms with E-state index in [2.05, 4.69) is 15.3 Å². The number of rotatable bonds is 5. The van der Waals surface area contributed by atoms with E-state index < -0.39 is 0 Å². The Bertz CT molecular complexity index is 650. The van der Waals surface area contributed by atoms with Gasteiger partial charge in [0.1, 0.15) is 24.7 Å². The minimum atomic E-state index is -0.125. The lowest BCUT2D eigenvalue weighted by atomic mass is 10.2. The normalized spacial score (nSPS) is 16.1. The first-order chi connectivity index (χ1) is 10.8. The lowest BCUT2D eigenvalue weighted by molar-refractivity contribution is 0.0997. The van der Waals surface area contributed by atoms with Crippen LogP contribution in [-0.4, -0.2) is 35.8 Å². The molecular formula is C15H18N4O3. The van der Waals surface area contributed by atoms with Crippen LogP contribution in [-0.2, 0) is 0 Å². The largest absolute Gasteiger partial charge is 0.486 e. The average molecular weight is 302 g/mol. The first-order valence-electron chi connectivity index (χ1n) is 7.13. The highest BCUT2D eigenvalue weighted by Crippen LogP contribution is 2.31. The number of nitrogen functional groups attached to an aromatic ring is 1. The van der Waals surface area contributed by atoms with Gasteiger partial charge in [0.2, 0.25) is 5.88 Å². The molecule has 0 fully saturated rings. The van der Waals surface area contributed by atoms with Gasteiger partial charge in [-0.15, -0.1) is 0 Å². The van der Waals surface area contributed by atoms with Gasteiger partial charge in [-0.25, -0.2) is 4.98 Å². The number of anilines is 2. The third-order valence-electron chi connectivity index (χ3n) is 3.19. The molecule has 0 radical (unpaired) electrons. The van der Waals surface area contributed by atoms with Gasteiger partial charge in [-0.1, -0.05) is 12.1 Å². The number of ether oxygens (including phenoxy) is 3. The highest BCUT2D eigenvalue weighted by molar-refractivity contribution is 5.66. The zero-order chi connectivity index (χ0) is 15.4. The van der Waals surface area contributed by atoms with Crippen LogP contribution in [0.25, 0.3) is 0 Å². The summed E-state index contributed by atoms with van der Waals surface area (Å²) in [5.41, 5.74) is 6.37. The lowest BCUT2D eigenvalue weighted by Crippen LogP contribution is -2.35. The minimum absolute atomic E-state index is 0.125. The Hall–Kier alpha value is -2.70. The van der Waals surface area contributed by atoms with Gasteiger partial charge in [0.05, 0.1) is 13.2 Å². The summed E-state index contributed by atoms with van der Waals surface area (Å²) >= 11 is 0. The number of benzene rings is 1. The zero-order valence-corrected chi connectivity index (χ0v) is 12.3. The Morgan fingerprint density at radius 3 is 2.95 bits per heavy atom. The molecule has 7 heteroatoms. The van der Waals surface area contributed by atoms with Crippen molar-refractivity contribution in [1.29, 1.82) is 0 Å². The number of nitrogens with one attached hydrogen (secondary N) is 1. The van der Waals surface area contributed by atoms with Crippen molar-refractivity contribution >= 4 is 11.5 Å². The van der Waals surface area contributed by atoms with E-state index in [0.29, 0.717) is 37.1 Å². The van der Waals surface area contributed by atoms with Crippen molar-refractivity contribution in [2.75, 3.05) is 30.8 Å². The highest BCUT2D eigenvalue weighted by Gasteiger charge is 2.21. The van der Waals surface area contributed by atoms with Crippen molar-refractivity contribution in [3.8, 4) is 17.4 Å². The van der Waals surface area contributed by atoms with Gasteiger partial charge in [0.15, 0.2) is 17.3 Å². The molecule has 2 heterocycles. The maximum Gasteiger partial charge on any atom is 0.242 e. The summed E-state index contributed by atoms with van der Waals surface area (Å²) in [5.74, 6) is 2.41. The molecule has 2 aromatic rings. The number of fused-ring (bicyclic) bond motifs is 1. The predicted molar refractivity (Wildman–Crippen MR) is 82.5 cm³/mol. The fourth-order valence-corrected chi connectivity index (χ4v) is 2.15. The fourth-order valence-electron chi connectivity index (χ4n) is 2.15. The highest BCUT2D eigenvalue weighted by atomic mass is 16.6. The van der Waals surface area contributed by atoms with Crippen LogP contribution in [0.15, 0.2) is 30.6 Å². The predicted octanol–water partition coefficient (Wildman–Crippen LogP) is 1.71. The monoisotopic (exact) mass is 302 g/mol. The molecule has 7 nitrogen and oxygen atoms in total. The molecule has 0 spiro atoms. The lowest BCUT2D eigenvalue weighted by Gasteiger charge is -2.26. The Morgan fingerprint density at radius 2 is 2.14 bits per heavy atom. The number of nitrogens with two attached hydrogens (primary N) is 1. The second-order valence-electron chi connectivity index (χ2n) is 4.75. The molecule has 0 bridgehead atoms. The fraction of sp³-hybridized carbons (Fsp3) is 0.333. The van der Waals surface area contributed by atoms with Crippen LogP contribution in [0.4, 0.5) is 11.5 Å². The van der Waals surface area contributed by atoms with Crippen LogP contribution in [0.3, 0.4) is 0 Å². The maximum atomic E-state index is 5.98. The molecule has 3 N–H and O–H groups in total. The number of hydrogen-bond donors (Lipinski definition) is 2. The van der Waals surface area contributed by atoms with E-state index in [0.717, 1.165) is 11.5 Å². The van der Waals surface area contributed by atoms with Gasteiger partial charge in [-0.3, -0.25) is 0 Å². The van der Waals surface area contributed by atoms with E-state index in [4.69, 9.17) is 19.9 Å². The van der Waals surface area contributed by atoms with Gasteiger partial charge in [0, 0.05) is 0 Å². The van der Waals surface area contributed by atoms with Crippen LogP contribution in [0.5, 0.6) is 17.4 Å². The maximum absolute atomic E-state index is 5.98. The van der Waals surface area contributed by atoms with E-state index in [1.54, 1.807) is 0 Å². The van der Waals surface area contributed by atoms with Crippen LogP contribution in [0.2, 0.25) is 0 Å². The standard InChI is InChI=1S/C15H18N4O3/c1-2-20-15-13(16)14(18-9-19-15)17-7-10-8-21-11-5-3-4-6-12(11)22-10/h3-6,9-10H,2,7-8,16H2,1H3,(H,17,18,19). The molecule has 22 heavy (non-hydrogen) atoms. The van der Waals surface area contributed by atoms with Gasteiger partial charge >= 0.3 is 0 Å². The molecule has 3 rings (SSSR count). The molecule has 0 saturated carbocycles. The Labute approximate surface area is 128 Å². The first kappa shape index (κ1) is 14.2. The van der Waals surface area contributed by atoms with Crippen molar-refractivity contribution in [1.82, 2.24) is 9.97 Å². The first-order valence-corrected chi connectivity index (χ1v) is 7.13. The number of nitrogens with zero attached hydrogens (tertiary/aromatic N) is 2.